The van der Waals surface area contributed by atoms with Gasteiger partial charge in [0.15, 0.2) is 0 Å². The van der Waals surface area contributed by atoms with Crippen LogP contribution in [-0.2, 0) is 14.8 Å². The van der Waals surface area contributed by atoms with E-state index in [0.29, 0.717) is 23.6 Å². The van der Waals surface area contributed by atoms with Crippen LogP contribution in [0.4, 0.5) is 17.5 Å². The maximum Gasteiger partial charge on any atom is 0.240 e. The van der Waals surface area contributed by atoms with Gasteiger partial charge in [0.05, 0.1) is 11.1 Å². The summed E-state index contributed by atoms with van der Waals surface area (Å²) in [5.41, 5.74) is 0.920. The van der Waals surface area contributed by atoms with E-state index >= 15 is 0 Å². The Morgan fingerprint density at radius 2 is 1.93 bits per heavy atom. The van der Waals surface area contributed by atoms with Crippen LogP contribution in [0.15, 0.2) is 35.4 Å². The van der Waals surface area contributed by atoms with Gasteiger partial charge in [0.25, 0.3) is 0 Å². The largest absolute Gasteiger partial charge is 0.369 e. The van der Waals surface area contributed by atoms with Gasteiger partial charge in [0.1, 0.15) is 17.5 Å². The molecule has 1 heterocycles. The van der Waals surface area contributed by atoms with Gasteiger partial charge in [-0.25, -0.2) is 18.1 Å². The lowest BCUT2D eigenvalue weighted by Crippen LogP contribution is -2.33. The number of nitriles is 1. The van der Waals surface area contributed by atoms with Gasteiger partial charge in [-0.05, 0) is 31.2 Å². The maximum atomic E-state index is 12.2. The first kappa shape index (κ1) is 21.1. The SMILES string of the molecule is CCNc1nc(Nc2ccc(S(=O)(=O)NCCNC(C)=O)cc2)ncc1C#N. The molecule has 148 valence electrons. The summed E-state index contributed by atoms with van der Waals surface area (Å²) < 4.78 is 26.9. The lowest BCUT2D eigenvalue weighted by molar-refractivity contribution is -0.118. The third-order valence-corrected chi connectivity index (χ3v) is 4.94. The van der Waals surface area contributed by atoms with Crippen LogP contribution in [0.3, 0.4) is 0 Å². The molecule has 10 nitrogen and oxygen atoms in total. The number of nitrogens with zero attached hydrogens (tertiary/aromatic N) is 3. The van der Waals surface area contributed by atoms with Crippen molar-refractivity contribution in [1.82, 2.24) is 20.0 Å². The Morgan fingerprint density at radius 1 is 1.21 bits per heavy atom. The molecule has 0 bridgehead atoms. The van der Waals surface area contributed by atoms with Gasteiger partial charge in [-0.2, -0.15) is 10.2 Å². The second-order valence-corrected chi connectivity index (χ2v) is 7.40. The standard InChI is InChI=1S/C17H21N7O3S/c1-3-19-16-13(10-18)11-21-17(24-16)23-14-4-6-15(7-5-14)28(26,27)22-9-8-20-12(2)25/h4-7,11,22H,3,8-9H2,1-2H3,(H,20,25)(H2,19,21,23,24). The fourth-order valence-corrected chi connectivity index (χ4v) is 3.21. The van der Waals surface area contributed by atoms with Gasteiger partial charge >= 0.3 is 0 Å². The molecule has 28 heavy (non-hydrogen) atoms. The first-order valence-electron chi connectivity index (χ1n) is 8.48. The van der Waals surface area contributed by atoms with Crippen molar-refractivity contribution in [2.45, 2.75) is 18.7 Å². The highest BCUT2D eigenvalue weighted by molar-refractivity contribution is 7.89. The maximum absolute atomic E-state index is 12.2. The van der Waals surface area contributed by atoms with Crippen LogP contribution in [0.25, 0.3) is 0 Å². The molecule has 0 unspecified atom stereocenters. The number of carbonyl (C=O) groups is 1. The number of benzene rings is 1. The van der Waals surface area contributed by atoms with Crippen molar-refractivity contribution in [1.29, 1.82) is 5.26 Å². The third-order valence-electron chi connectivity index (χ3n) is 3.47. The number of hydrogen-bond acceptors (Lipinski definition) is 8. The van der Waals surface area contributed by atoms with Crippen molar-refractivity contribution in [2.24, 2.45) is 0 Å². The molecule has 0 radical (unpaired) electrons. The number of hydrogen-bond donors (Lipinski definition) is 4. The summed E-state index contributed by atoms with van der Waals surface area (Å²) in [6.45, 7) is 4.15. The molecule has 0 saturated carbocycles. The van der Waals surface area contributed by atoms with Crippen molar-refractivity contribution in [3.8, 4) is 6.07 Å². The third kappa shape index (κ3) is 5.90. The highest BCUT2D eigenvalue weighted by atomic mass is 32.2. The minimum absolute atomic E-state index is 0.0915. The fraction of sp³-hybridized carbons (Fsp3) is 0.294. The molecule has 0 fully saturated rings. The Morgan fingerprint density at radius 3 is 2.54 bits per heavy atom. The van der Waals surface area contributed by atoms with Crippen LogP contribution >= 0.6 is 0 Å². The van der Waals surface area contributed by atoms with Crippen LogP contribution in [0, 0.1) is 11.3 Å². The van der Waals surface area contributed by atoms with Crippen LogP contribution in [0.5, 0.6) is 0 Å². The molecule has 1 amide bonds. The molecule has 1 aromatic carbocycles. The second-order valence-electron chi connectivity index (χ2n) is 5.63. The van der Waals surface area contributed by atoms with Crippen LogP contribution < -0.4 is 20.7 Å². The van der Waals surface area contributed by atoms with E-state index in [1.165, 1.54) is 25.3 Å². The number of amides is 1. The minimum Gasteiger partial charge on any atom is -0.369 e. The molecule has 0 aliphatic rings. The van der Waals surface area contributed by atoms with E-state index in [1.54, 1.807) is 12.1 Å². The van der Waals surface area contributed by atoms with Crippen LogP contribution in [0.1, 0.15) is 19.4 Å². The number of carbonyl (C=O) groups excluding carboxylic acids is 1. The zero-order valence-electron chi connectivity index (χ0n) is 15.5. The summed E-state index contributed by atoms with van der Waals surface area (Å²) in [6, 6.07) is 8.06. The molecule has 2 aromatic rings. The summed E-state index contributed by atoms with van der Waals surface area (Å²) in [4.78, 5) is 19.2. The van der Waals surface area contributed by atoms with Crippen molar-refractivity contribution in [3.63, 3.8) is 0 Å². The summed E-state index contributed by atoms with van der Waals surface area (Å²) in [5, 5.41) is 17.5. The number of anilines is 3. The Balaban J connectivity index is 2.05. The molecule has 11 heteroatoms. The zero-order chi connectivity index (χ0) is 20.6. The molecular weight excluding hydrogens is 382 g/mol. The van der Waals surface area contributed by atoms with E-state index in [4.69, 9.17) is 5.26 Å². The Bertz CT molecular complexity index is 969. The Labute approximate surface area is 163 Å². The van der Waals surface area contributed by atoms with E-state index in [9.17, 15) is 13.2 Å². The van der Waals surface area contributed by atoms with Crippen molar-refractivity contribution >= 4 is 33.4 Å². The number of aromatic nitrogens is 2. The van der Waals surface area contributed by atoms with E-state index in [-0.39, 0.29) is 29.8 Å². The average molecular weight is 403 g/mol. The molecule has 0 spiro atoms. The molecule has 1 aromatic heterocycles. The predicted molar refractivity (Wildman–Crippen MR) is 105 cm³/mol. The predicted octanol–water partition coefficient (Wildman–Crippen LogP) is 0.938. The Kier molecular flexibility index (Phi) is 7.25. The van der Waals surface area contributed by atoms with Crippen LogP contribution in [0.2, 0.25) is 0 Å². The van der Waals surface area contributed by atoms with Gasteiger partial charge in [-0.3, -0.25) is 4.79 Å². The molecule has 0 atom stereocenters. The average Bonchev–Trinajstić information content (AvgIpc) is 2.66. The van der Waals surface area contributed by atoms with Gasteiger partial charge in [0, 0.05) is 32.2 Å². The van der Waals surface area contributed by atoms with Gasteiger partial charge in [0.2, 0.25) is 21.9 Å². The van der Waals surface area contributed by atoms with E-state index in [2.05, 4.69) is 30.6 Å². The topological polar surface area (TPSA) is 149 Å². The molecule has 4 N–H and O–H groups in total. The van der Waals surface area contributed by atoms with Gasteiger partial charge in [-0.1, -0.05) is 0 Å². The zero-order valence-corrected chi connectivity index (χ0v) is 16.3. The normalized spacial score (nSPS) is 10.8. The molecule has 0 saturated heterocycles. The van der Waals surface area contributed by atoms with E-state index in [0.717, 1.165) is 0 Å². The summed E-state index contributed by atoms with van der Waals surface area (Å²) in [6.07, 6.45) is 1.41. The quantitative estimate of drug-likeness (QED) is 0.452. The fourth-order valence-electron chi connectivity index (χ4n) is 2.18. The van der Waals surface area contributed by atoms with Crippen molar-refractivity contribution in [3.05, 3.63) is 36.0 Å². The highest BCUT2D eigenvalue weighted by Crippen LogP contribution is 2.19. The lowest BCUT2D eigenvalue weighted by Gasteiger charge is -2.10. The number of nitrogens with one attached hydrogen (secondary N) is 4. The van der Waals surface area contributed by atoms with Gasteiger partial charge in [-0.15, -0.1) is 0 Å². The highest BCUT2D eigenvalue weighted by Gasteiger charge is 2.13. The van der Waals surface area contributed by atoms with Crippen LogP contribution in [-0.4, -0.2) is 43.9 Å². The van der Waals surface area contributed by atoms with Gasteiger partial charge < -0.3 is 16.0 Å². The lowest BCUT2D eigenvalue weighted by atomic mass is 10.3. The smallest absolute Gasteiger partial charge is 0.240 e. The van der Waals surface area contributed by atoms with Crippen molar-refractivity contribution < 1.29 is 13.2 Å². The van der Waals surface area contributed by atoms with E-state index < -0.39 is 10.0 Å². The molecular formula is C17H21N7O3S. The summed E-state index contributed by atoms with van der Waals surface area (Å²) >= 11 is 0. The van der Waals surface area contributed by atoms with E-state index in [1.807, 2.05) is 13.0 Å². The molecule has 2 rings (SSSR count). The first-order valence-corrected chi connectivity index (χ1v) is 9.96. The summed E-state index contributed by atoms with van der Waals surface area (Å²) in [7, 11) is -3.68. The minimum atomic E-state index is -3.68. The van der Waals surface area contributed by atoms with Crippen molar-refractivity contribution in [2.75, 3.05) is 30.3 Å². The molecule has 0 aliphatic heterocycles. The number of sulfonamides is 1. The Hall–Kier alpha value is -3.23. The number of rotatable bonds is 9. The monoisotopic (exact) mass is 403 g/mol. The second kappa shape index (κ2) is 9.63. The first-order chi connectivity index (χ1) is 13.4. The summed E-state index contributed by atoms with van der Waals surface area (Å²) in [5.74, 6) is 0.473. The molecule has 0 aliphatic carbocycles.